The number of hydrogen-bond donors (Lipinski definition) is 1. The van der Waals surface area contributed by atoms with Gasteiger partial charge in [0.1, 0.15) is 0 Å². The summed E-state index contributed by atoms with van der Waals surface area (Å²) in [7, 11) is 0. The molecule has 0 saturated heterocycles. The van der Waals surface area contributed by atoms with Crippen LogP contribution in [0.15, 0.2) is 30.3 Å². The molecule has 0 heterocycles. The third-order valence-electron chi connectivity index (χ3n) is 4.28. The third kappa shape index (κ3) is 5.63. The summed E-state index contributed by atoms with van der Waals surface area (Å²) in [5.41, 5.74) is 1.29. The van der Waals surface area contributed by atoms with Gasteiger partial charge in [-0.25, -0.2) is 0 Å². The summed E-state index contributed by atoms with van der Waals surface area (Å²) < 4.78 is 0. The zero-order chi connectivity index (χ0) is 14.9. The summed E-state index contributed by atoms with van der Waals surface area (Å²) in [6, 6.07) is 10.3. The Balaban J connectivity index is 1.88. The average Bonchev–Trinajstić information content (AvgIpc) is 2.52. The molecule has 0 spiro atoms. The van der Waals surface area contributed by atoms with E-state index in [2.05, 4.69) is 24.0 Å². The summed E-state index contributed by atoms with van der Waals surface area (Å²) in [5.74, 6) is 6.29. The highest BCUT2D eigenvalue weighted by Crippen LogP contribution is 2.31. The van der Waals surface area contributed by atoms with Crippen LogP contribution in [0.25, 0.3) is 0 Å². The van der Waals surface area contributed by atoms with E-state index in [-0.39, 0.29) is 12.3 Å². The van der Waals surface area contributed by atoms with Gasteiger partial charge < -0.3 is 5.11 Å². The predicted octanol–water partition coefficient (Wildman–Crippen LogP) is 4.29. The van der Waals surface area contributed by atoms with Gasteiger partial charge >= 0.3 is 5.97 Å². The first kappa shape index (κ1) is 15.6. The van der Waals surface area contributed by atoms with Crippen molar-refractivity contribution in [3.63, 3.8) is 0 Å². The van der Waals surface area contributed by atoms with E-state index < -0.39 is 5.97 Å². The van der Waals surface area contributed by atoms with Gasteiger partial charge in [-0.1, -0.05) is 55.5 Å². The highest BCUT2D eigenvalue weighted by molar-refractivity contribution is 5.67. The van der Waals surface area contributed by atoms with Crippen molar-refractivity contribution in [3.05, 3.63) is 35.9 Å². The van der Waals surface area contributed by atoms with Crippen molar-refractivity contribution in [1.29, 1.82) is 0 Å². The Hall–Kier alpha value is -1.75. The summed E-state index contributed by atoms with van der Waals surface area (Å²) in [6.07, 6.45) is 7.99. The van der Waals surface area contributed by atoms with Crippen molar-refractivity contribution >= 4 is 5.97 Å². The van der Waals surface area contributed by atoms with Gasteiger partial charge in [-0.05, 0) is 30.7 Å². The van der Waals surface area contributed by atoms with Gasteiger partial charge in [0, 0.05) is 12.3 Å². The van der Waals surface area contributed by atoms with Gasteiger partial charge in [0.2, 0.25) is 0 Å². The van der Waals surface area contributed by atoms with Crippen LogP contribution in [-0.4, -0.2) is 11.1 Å². The molecule has 1 aliphatic rings. The van der Waals surface area contributed by atoms with Gasteiger partial charge in [0.05, 0.1) is 6.42 Å². The maximum absolute atomic E-state index is 11.0. The van der Waals surface area contributed by atoms with Gasteiger partial charge in [-0.15, -0.1) is 5.92 Å². The molecular weight excluding hydrogens is 260 g/mol. The zero-order valence-corrected chi connectivity index (χ0v) is 12.6. The number of carboxylic acids is 1. The average molecular weight is 284 g/mol. The Morgan fingerprint density at radius 3 is 2.57 bits per heavy atom. The molecule has 2 heteroatoms. The minimum atomic E-state index is -0.720. The standard InChI is InChI=1S/C19H24O2/c20-19(21)15-18(17-12-5-2-6-13-17)14-8-7-11-16-9-3-1-4-10-16/h1,3-4,9-10,17-18H,2,5-7,11-13,15H2,(H,20,21)/t18-/m0/s1. The van der Waals surface area contributed by atoms with Crippen LogP contribution in [-0.2, 0) is 11.2 Å². The smallest absolute Gasteiger partial charge is 0.304 e. The molecule has 0 aliphatic heterocycles. The maximum Gasteiger partial charge on any atom is 0.304 e. The first-order chi connectivity index (χ1) is 10.3. The quantitative estimate of drug-likeness (QED) is 0.819. The molecular formula is C19H24O2. The second kappa shape index (κ2) is 8.52. The molecule has 1 fully saturated rings. The first-order valence-corrected chi connectivity index (χ1v) is 8.00. The number of carbonyl (C=O) groups is 1. The van der Waals surface area contributed by atoms with Crippen LogP contribution in [0.2, 0.25) is 0 Å². The zero-order valence-electron chi connectivity index (χ0n) is 12.6. The third-order valence-corrected chi connectivity index (χ3v) is 4.28. The summed E-state index contributed by atoms with van der Waals surface area (Å²) in [6.45, 7) is 0. The number of rotatable bonds is 5. The van der Waals surface area contributed by atoms with Crippen molar-refractivity contribution in [1.82, 2.24) is 0 Å². The lowest BCUT2D eigenvalue weighted by molar-refractivity contribution is -0.138. The molecule has 1 aromatic rings. The van der Waals surface area contributed by atoms with Crippen LogP contribution in [0.1, 0.15) is 50.5 Å². The van der Waals surface area contributed by atoms with E-state index in [0.29, 0.717) is 5.92 Å². The van der Waals surface area contributed by atoms with E-state index in [4.69, 9.17) is 5.11 Å². The molecule has 0 radical (unpaired) electrons. The van der Waals surface area contributed by atoms with E-state index in [0.717, 1.165) is 25.7 Å². The number of aliphatic carboxylic acids is 1. The van der Waals surface area contributed by atoms with E-state index in [9.17, 15) is 4.79 Å². The summed E-state index contributed by atoms with van der Waals surface area (Å²) >= 11 is 0. The molecule has 112 valence electrons. The fourth-order valence-electron chi connectivity index (χ4n) is 3.11. The van der Waals surface area contributed by atoms with Gasteiger partial charge in [-0.3, -0.25) is 4.79 Å². The molecule has 1 aromatic carbocycles. The highest BCUT2D eigenvalue weighted by Gasteiger charge is 2.24. The topological polar surface area (TPSA) is 37.3 Å². The van der Waals surface area contributed by atoms with Crippen molar-refractivity contribution in [2.24, 2.45) is 11.8 Å². The highest BCUT2D eigenvalue weighted by atomic mass is 16.4. The summed E-state index contributed by atoms with van der Waals surface area (Å²) in [5, 5.41) is 9.08. The minimum Gasteiger partial charge on any atom is -0.481 e. The van der Waals surface area contributed by atoms with Gasteiger partial charge in [-0.2, -0.15) is 0 Å². The lowest BCUT2D eigenvalue weighted by Gasteiger charge is -2.25. The Morgan fingerprint density at radius 1 is 1.19 bits per heavy atom. The Labute approximate surface area is 127 Å². The fourth-order valence-corrected chi connectivity index (χ4v) is 3.11. The molecule has 0 aromatic heterocycles. The number of aryl methyl sites for hydroxylation is 1. The van der Waals surface area contributed by atoms with E-state index in [1.807, 2.05) is 18.2 Å². The molecule has 2 nitrogen and oxygen atoms in total. The Kier molecular flexibility index (Phi) is 6.34. The van der Waals surface area contributed by atoms with Crippen molar-refractivity contribution < 1.29 is 9.90 Å². The minimum absolute atomic E-state index is 0.0403. The van der Waals surface area contributed by atoms with Crippen molar-refractivity contribution in [2.75, 3.05) is 0 Å². The van der Waals surface area contributed by atoms with Gasteiger partial charge in [0.25, 0.3) is 0 Å². The largest absolute Gasteiger partial charge is 0.481 e. The molecule has 1 saturated carbocycles. The van der Waals surface area contributed by atoms with Crippen molar-refractivity contribution in [3.8, 4) is 11.8 Å². The van der Waals surface area contributed by atoms with Crippen LogP contribution in [0.5, 0.6) is 0 Å². The Morgan fingerprint density at radius 2 is 1.90 bits per heavy atom. The van der Waals surface area contributed by atoms with E-state index in [1.54, 1.807) is 0 Å². The molecule has 0 amide bonds. The number of carboxylic acid groups (broad SMARTS) is 1. The SMILES string of the molecule is O=C(O)C[C@H](C#CCCc1ccccc1)C1CCCCC1. The van der Waals surface area contributed by atoms with Crippen LogP contribution in [0.3, 0.4) is 0 Å². The molecule has 0 bridgehead atoms. The van der Waals surface area contributed by atoms with Crippen LogP contribution >= 0.6 is 0 Å². The molecule has 1 N–H and O–H groups in total. The fraction of sp³-hybridized carbons (Fsp3) is 0.526. The first-order valence-electron chi connectivity index (χ1n) is 8.00. The van der Waals surface area contributed by atoms with Gasteiger partial charge in [0.15, 0.2) is 0 Å². The maximum atomic E-state index is 11.0. The second-order valence-electron chi connectivity index (χ2n) is 5.91. The molecule has 1 aliphatic carbocycles. The Bertz CT molecular complexity index is 489. The van der Waals surface area contributed by atoms with Crippen LogP contribution < -0.4 is 0 Å². The van der Waals surface area contributed by atoms with E-state index in [1.165, 1.54) is 24.8 Å². The normalized spacial score (nSPS) is 16.8. The lowest BCUT2D eigenvalue weighted by Crippen LogP contribution is -2.19. The summed E-state index contributed by atoms with van der Waals surface area (Å²) in [4.78, 5) is 11.0. The number of hydrogen-bond acceptors (Lipinski definition) is 1. The predicted molar refractivity (Wildman–Crippen MR) is 84.9 cm³/mol. The molecule has 21 heavy (non-hydrogen) atoms. The lowest BCUT2D eigenvalue weighted by atomic mass is 9.79. The molecule has 1 atom stereocenters. The van der Waals surface area contributed by atoms with Crippen LogP contribution in [0, 0.1) is 23.7 Å². The van der Waals surface area contributed by atoms with E-state index >= 15 is 0 Å². The van der Waals surface area contributed by atoms with Crippen LogP contribution in [0.4, 0.5) is 0 Å². The molecule has 0 unspecified atom stereocenters. The monoisotopic (exact) mass is 284 g/mol. The molecule has 2 rings (SSSR count). The second-order valence-corrected chi connectivity index (χ2v) is 5.91. The number of benzene rings is 1. The van der Waals surface area contributed by atoms with Crippen molar-refractivity contribution in [2.45, 2.75) is 51.4 Å².